The number of nitrogens with one attached hydrogen (secondary N) is 1. The lowest BCUT2D eigenvalue weighted by Crippen LogP contribution is -2.31. The molecule has 0 atom stereocenters. The molecule has 1 N–H and O–H groups in total. The number of anilines is 2. The lowest BCUT2D eigenvalue weighted by molar-refractivity contribution is 0.0980. The quantitative estimate of drug-likeness (QED) is 0.676. The number of carbonyl (C=O) groups excluding carboxylic acids is 1. The van der Waals surface area contributed by atoms with Crippen molar-refractivity contribution in [2.24, 2.45) is 0 Å². The van der Waals surface area contributed by atoms with E-state index in [0.717, 1.165) is 29.9 Å². The monoisotopic (exact) mass is 360 g/mol. The molecule has 0 aliphatic heterocycles. The fraction of sp³-hybridized carbons (Fsp3) is 0.227. The van der Waals surface area contributed by atoms with E-state index in [4.69, 9.17) is 0 Å². The Morgan fingerprint density at radius 1 is 1.00 bits per heavy atom. The van der Waals surface area contributed by atoms with Crippen LogP contribution >= 0.6 is 0 Å². The van der Waals surface area contributed by atoms with Crippen LogP contribution in [0.4, 0.5) is 11.6 Å². The molecule has 0 unspecified atom stereocenters. The third-order valence-electron chi connectivity index (χ3n) is 4.10. The number of benzene rings is 2. The van der Waals surface area contributed by atoms with Crippen LogP contribution in [0.1, 0.15) is 35.1 Å². The molecule has 0 bridgehead atoms. The molecule has 1 aromatic heterocycles. The number of rotatable bonds is 7. The van der Waals surface area contributed by atoms with E-state index in [1.54, 1.807) is 11.0 Å². The van der Waals surface area contributed by atoms with Gasteiger partial charge in [-0.3, -0.25) is 4.79 Å². The third kappa shape index (κ3) is 4.91. The predicted octanol–water partition coefficient (Wildman–Crippen LogP) is 4.45. The van der Waals surface area contributed by atoms with Crippen molar-refractivity contribution in [3.63, 3.8) is 0 Å². The molecular formula is C22H24N4O. The van der Waals surface area contributed by atoms with E-state index in [2.05, 4.69) is 22.2 Å². The molecule has 5 heteroatoms. The standard InChI is InChI=1S/C22H24N4O/c1-3-14-23-22-24-17(2)15-20(25-22)21(27)26(19-12-8-5-9-13-19)16-18-10-6-4-7-11-18/h4-13,15H,3,14,16H2,1-2H3,(H,23,24,25). The van der Waals surface area contributed by atoms with E-state index < -0.39 is 0 Å². The first-order valence-corrected chi connectivity index (χ1v) is 9.17. The van der Waals surface area contributed by atoms with Crippen LogP contribution in [0.3, 0.4) is 0 Å². The molecule has 1 amide bonds. The third-order valence-corrected chi connectivity index (χ3v) is 4.10. The highest BCUT2D eigenvalue weighted by atomic mass is 16.2. The van der Waals surface area contributed by atoms with E-state index in [-0.39, 0.29) is 5.91 Å². The minimum absolute atomic E-state index is 0.143. The molecule has 0 saturated heterocycles. The van der Waals surface area contributed by atoms with Gasteiger partial charge in [0.15, 0.2) is 0 Å². The molecule has 3 rings (SSSR count). The van der Waals surface area contributed by atoms with Gasteiger partial charge in [0.2, 0.25) is 5.95 Å². The van der Waals surface area contributed by atoms with E-state index in [1.807, 2.05) is 67.6 Å². The van der Waals surface area contributed by atoms with Gasteiger partial charge in [-0.15, -0.1) is 0 Å². The predicted molar refractivity (Wildman–Crippen MR) is 109 cm³/mol. The van der Waals surface area contributed by atoms with Crippen LogP contribution in [0.25, 0.3) is 0 Å². The van der Waals surface area contributed by atoms with Gasteiger partial charge in [0.05, 0.1) is 6.54 Å². The fourth-order valence-electron chi connectivity index (χ4n) is 2.79. The van der Waals surface area contributed by atoms with Crippen molar-refractivity contribution < 1.29 is 4.79 Å². The molecule has 138 valence electrons. The number of nitrogens with zero attached hydrogens (tertiary/aromatic N) is 3. The van der Waals surface area contributed by atoms with Gasteiger partial charge < -0.3 is 10.2 Å². The first-order chi connectivity index (χ1) is 13.2. The summed E-state index contributed by atoms with van der Waals surface area (Å²) >= 11 is 0. The number of hydrogen-bond donors (Lipinski definition) is 1. The zero-order valence-corrected chi connectivity index (χ0v) is 15.7. The Balaban J connectivity index is 1.94. The molecular weight excluding hydrogens is 336 g/mol. The Hall–Kier alpha value is -3.21. The van der Waals surface area contributed by atoms with Crippen LogP contribution in [0, 0.1) is 6.92 Å². The van der Waals surface area contributed by atoms with Crippen molar-refractivity contribution in [3.8, 4) is 0 Å². The summed E-state index contributed by atoms with van der Waals surface area (Å²) in [5.41, 5.74) is 3.05. The average Bonchev–Trinajstić information content (AvgIpc) is 2.71. The van der Waals surface area contributed by atoms with Crippen LogP contribution in [0.2, 0.25) is 0 Å². The smallest absolute Gasteiger partial charge is 0.277 e. The molecule has 27 heavy (non-hydrogen) atoms. The second-order valence-corrected chi connectivity index (χ2v) is 6.36. The van der Waals surface area contributed by atoms with Gasteiger partial charge in [-0.1, -0.05) is 55.5 Å². The molecule has 0 radical (unpaired) electrons. The minimum atomic E-state index is -0.143. The van der Waals surface area contributed by atoms with Gasteiger partial charge in [-0.25, -0.2) is 9.97 Å². The topological polar surface area (TPSA) is 58.1 Å². The maximum atomic E-state index is 13.3. The summed E-state index contributed by atoms with van der Waals surface area (Å²) in [5, 5.41) is 3.17. The van der Waals surface area contributed by atoms with E-state index in [9.17, 15) is 4.79 Å². The average molecular weight is 360 g/mol. The van der Waals surface area contributed by atoms with Crippen LogP contribution in [-0.4, -0.2) is 22.4 Å². The van der Waals surface area contributed by atoms with Crippen molar-refractivity contribution in [2.45, 2.75) is 26.8 Å². The number of aryl methyl sites for hydroxylation is 1. The minimum Gasteiger partial charge on any atom is -0.354 e. The molecule has 0 fully saturated rings. The molecule has 2 aromatic carbocycles. The van der Waals surface area contributed by atoms with Gasteiger partial charge in [0.25, 0.3) is 5.91 Å². The zero-order chi connectivity index (χ0) is 19.1. The van der Waals surface area contributed by atoms with Gasteiger partial charge in [-0.05, 0) is 37.1 Å². The van der Waals surface area contributed by atoms with Crippen LogP contribution in [0.15, 0.2) is 66.7 Å². The van der Waals surface area contributed by atoms with Crippen molar-refractivity contribution in [2.75, 3.05) is 16.8 Å². The second-order valence-electron chi connectivity index (χ2n) is 6.36. The second kappa shape index (κ2) is 8.94. The van der Waals surface area contributed by atoms with Crippen LogP contribution in [-0.2, 0) is 6.54 Å². The van der Waals surface area contributed by atoms with E-state index in [0.29, 0.717) is 18.2 Å². The van der Waals surface area contributed by atoms with Crippen molar-refractivity contribution in [1.82, 2.24) is 9.97 Å². The molecule has 0 aliphatic rings. The van der Waals surface area contributed by atoms with Gasteiger partial charge in [-0.2, -0.15) is 0 Å². The largest absolute Gasteiger partial charge is 0.354 e. The normalized spacial score (nSPS) is 10.4. The first kappa shape index (κ1) is 18.6. The molecule has 5 nitrogen and oxygen atoms in total. The number of carbonyl (C=O) groups is 1. The summed E-state index contributed by atoms with van der Waals surface area (Å²) in [6, 6.07) is 21.4. The maximum absolute atomic E-state index is 13.3. The van der Waals surface area contributed by atoms with Crippen molar-refractivity contribution in [3.05, 3.63) is 83.7 Å². The fourth-order valence-corrected chi connectivity index (χ4v) is 2.79. The van der Waals surface area contributed by atoms with Gasteiger partial charge >= 0.3 is 0 Å². The zero-order valence-electron chi connectivity index (χ0n) is 15.7. The molecule has 0 aliphatic carbocycles. The highest BCUT2D eigenvalue weighted by Gasteiger charge is 2.20. The molecule has 3 aromatic rings. The number of para-hydroxylation sites is 1. The Morgan fingerprint density at radius 2 is 1.67 bits per heavy atom. The van der Waals surface area contributed by atoms with Crippen molar-refractivity contribution in [1.29, 1.82) is 0 Å². The highest BCUT2D eigenvalue weighted by Crippen LogP contribution is 2.20. The van der Waals surface area contributed by atoms with E-state index >= 15 is 0 Å². The maximum Gasteiger partial charge on any atom is 0.277 e. The highest BCUT2D eigenvalue weighted by molar-refractivity contribution is 6.04. The summed E-state index contributed by atoms with van der Waals surface area (Å²) in [6.07, 6.45) is 0.963. The van der Waals surface area contributed by atoms with Gasteiger partial charge in [0.1, 0.15) is 5.69 Å². The molecule has 1 heterocycles. The summed E-state index contributed by atoms with van der Waals surface area (Å²) in [5.74, 6) is 0.350. The Kier molecular flexibility index (Phi) is 6.15. The first-order valence-electron chi connectivity index (χ1n) is 9.17. The lowest BCUT2D eigenvalue weighted by Gasteiger charge is -2.23. The summed E-state index contributed by atoms with van der Waals surface area (Å²) in [4.78, 5) is 23.9. The summed E-state index contributed by atoms with van der Waals surface area (Å²) < 4.78 is 0. The van der Waals surface area contributed by atoms with Crippen LogP contribution in [0.5, 0.6) is 0 Å². The van der Waals surface area contributed by atoms with E-state index in [1.165, 1.54) is 0 Å². The molecule has 0 spiro atoms. The van der Waals surface area contributed by atoms with Crippen molar-refractivity contribution >= 4 is 17.5 Å². The summed E-state index contributed by atoms with van der Waals surface area (Å²) in [6.45, 7) is 5.19. The van der Waals surface area contributed by atoms with Crippen LogP contribution < -0.4 is 10.2 Å². The Labute approximate surface area is 160 Å². The summed E-state index contributed by atoms with van der Waals surface area (Å²) in [7, 11) is 0. The Morgan fingerprint density at radius 3 is 2.33 bits per heavy atom. The lowest BCUT2D eigenvalue weighted by atomic mass is 10.1. The number of amides is 1. The molecule has 0 saturated carbocycles. The Bertz CT molecular complexity index is 881. The number of hydrogen-bond acceptors (Lipinski definition) is 4. The SMILES string of the molecule is CCCNc1nc(C)cc(C(=O)N(Cc2ccccc2)c2ccccc2)n1. The van der Waals surface area contributed by atoms with Gasteiger partial charge in [0, 0.05) is 17.9 Å². The number of aromatic nitrogens is 2.